The first kappa shape index (κ1) is 43.7. The number of rotatable bonds is 12. The van der Waals surface area contributed by atoms with Crippen molar-refractivity contribution >= 4 is 0 Å². The average Bonchev–Trinajstić information content (AvgIpc) is 3.54. The Kier molecular flexibility index (Phi) is 13.2. The number of methoxy groups -OCH3 is 1. The van der Waals surface area contributed by atoms with E-state index in [9.17, 15) is 51.1 Å². The highest BCUT2D eigenvalue weighted by Crippen LogP contribution is 2.69. The molecule has 6 fully saturated rings. The molecule has 0 aromatic rings. The maximum absolute atomic E-state index is 12.6. The minimum atomic E-state index is -1.46. The van der Waals surface area contributed by atoms with Crippen LogP contribution in [0.2, 0.25) is 0 Å². The van der Waals surface area contributed by atoms with Gasteiger partial charge in [0, 0.05) is 25.4 Å². The lowest BCUT2D eigenvalue weighted by Gasteiger charge is -2.65. The number of allylic oxidation sites excluding steroid dienone is 1. The zero-order valence-electron chi connectivity index (χ0n) is 33.1. The molecule has 15 nitrogen and oxygen atoms in total. The van der Waals surface area contributed by atoms with Crippen LogP contribution in [0.15, 0.2) is 12.2 Å². The predicted molar refractivity (Wildman–Crippen MR) is 195 cm³/mol. The van der Waals surface area contributed by atoms with Crippen LogP contribution in [-0.2, 0) is 23.7 Å². The van der Waals surface area contributed by atoms with Gasteiger partial charge in [-0.15, -0.1) is 0 Å². The van der Waals surface area contributed by atoms with Gasteiger partial charge in [-0.1, -0.05) is 46.8 Å². The molecule has 10 N–H and O–H groups in total. The van der Waals surface area contributed by atoms with Crippen molar-refractivity contribution in [1.29, 1.82) is 0 Å². The molecule has 15 heteroatoms. The Hall–Kier alpha value is -0.860. The summed E-state index contributed by atoms with van der Waals surface area (Å²) in [4.78, 5) is 0. The first-order chi connectivity index (χ1) is 25.8. The summed E-state index contributed by atoms with van der Waals surface area (Å²) in [5.74, 6) is -1.77. The first-order valence-electron chi connectivity index (χ1n) is 20.4. The minimum absolute atomic E-state index is 0.0502. The molecule has 6 rings (SSSR count). The molecule has 55 heavy (non-hydrogen) atoms. The molecule has 22 atom stereocenters. The first-order valence-corrected chi connectivity index (χ1v) is 20.4. The lowest BCUT2D eigenvalue weighted by atomic mass is 9.42. The Morgan fingerprint density at radius 2 is 1.53 bits per heavy atom. The molecular formula is C40H68O15. The molecule has 0 aromatic carbocycles. The number of aliphatic hydroxyl groups is 10. The van der Waals surface area contributed by atoms with Gasteiger partial charge in [-0.25, -0.2) is 0 Å². The predicted octanol–water partition coefficient (Wildman–Crippen LogP) is -0.568. The third-order valence-electron chi connectivity index (χ3n) is 15.2. The van der Waals surface area contributed by atoms with E-state index in [1.54, 1.807) is 0 Å². The van der Waals surface area contributed by atoms with Crippen LogP contribution in [0.3, 0.4) is 0 Å². The summed E-state index contributed by atoms with van der Waals surface area (Å²) < 4.78 is 29.0. The van der Waals surface area contributed by atoms with Crippen molar-refractivity contribution in [2.75, 3.05) is 26.9 Å². The van der Waals surface area contributed by atoms with E-state index in [0.717, 1.165) is 0 Å². The number of hydrogen-bond donors (Lipinski definition) is 10. The van der Waals surface area contributed by atoms with Crippen molar-refractivity contribution in [3.8, 4) is 0 Å². The largest absolute Gasteiger partial charge is 0.394 e. The van der Waals surface area contributed by atoms with E-state index < -0.39 is 115 Å². The summed E-state index contributed by atoms with van der Waals surface area (Å²) in [7, 11) is 1.32. The quantitative estimate of drug-likeness (QED) is 0.111. The molecular weight excluding hydrogens is 720 g/mol. The van der Waals surface area contributed by atoms with Crippen LogP contribution in [0.25, 0.3) is 0 Å². The fraction of sp³-hybridized carbons (Fsp3) is 0.950. The van der Waals surface area contributed by atoms with Gasteiger partial charge in [0.25, 0.3) is 0 Å². The smallest absolute Gasteiger partial charge is 0.187 e. The van der Waals surface area contributed by atoms with Crippen molar-refractivity contribution in [3.05, 3.63) is 12.2 Å². The highest BCUT2D eigenvalue weighted by molar-refractivity contribution is 5.22. The van der Waals surface area contributed by atoms with E-state index in [1.165, 1.54) is 7.11 Å². The van der Waals surface area contributed by atoms with Crippen LogP contribution >= 0.6 is 0 Å². The molecule has 2 aliphatic heterocycles. The van der Waals surface area contributed by atoms with Gasteiger partial charge >= 0.3 is 0 Å². The van der Waals surface area contributed by atoms with Crippen LogP contribution in [0, 0.1) is 52.3 Å². The lowest BCUT2D eigenvalue weighted by Crippen LogP contribution is -2.68. The molecule has 1 unspecified atom stereocenters. The maximum Gasteiger partial charge on any atom is 0.187 e. The van der Waals surface area contributed by atoms with Gasteiger partial charge in [0.15, 0.2) is 12.6 Å². The van der Waals surface area contributed by atoms with Gasteiger partial charge in [0.2, 0.25) is 0 Å². The summed E-state index contributed by atoms with van der Waals surface area (Å²) in [6, 6.07) is 0. The van der Waals surface area contributed by atoms with E-state index in [4.69, 9.17) is 23.7 Å². The maximum atomic E-state index is 12.6. The van der Waals surface area contributed by atoms with E-state index in [-0.39, 0.29) is 49.2 Å². The number of aliphatic hydroxyl groups excluding tert-OH is 9. The molecule has 2 saturated heterocycles. The molecule has 0 spiro atoms. The number of fused-ring (bicyclic) bond motifs is 5. The SMILES string of the molecule is CO[C@H]1[C@H](O[C@H]2[C@H](OCC(/C=C/[C@@H](C)[C@H]3[C@@H](O)[C@@H](O)[C@@H]4[C@]3(C)CC[C@@H]3[C@@]5(C)CC[C@H](O)C[C@@H]5[C@@H](O)C[C@]34O)C(C)C)O[C@@H]([C@H](O)CO)[C@@H]2O)OC[C@@H](O)[C@@H]1O. The molecule has 2 heterocycles. The van der Waals surface area contributed by atoms with Gasteiger partial charge < -0.3 is 74.7 Å². The Morgan fingerprint density at radius 1 is 0.836 bits per heavy atom. The molecule has 0 bridgehead atoms. The van der Waals surface area contributed by atoms with E-state index >= 15 is 0 Å². The third kappa shape index (κ3) is 7.61. The molecule has 0 amide bonds. The molecule has 6 aliphatic rings. The van der Waals surface area contributed by atoms with Gasteiger partial charge in [-0.3, -0.25) is 0 Å². The van der Waals surface area contributed by atoms with Crippen LogP contribution in [0.1, 0.15) is 73.1 Å². The van der Waals surface area contributed by atoms with Gasteiger partial charge in [0.1, 0.15) is 42.7 Å². The molecule has 0 radical (unpaired) electrons. The topological polar surface area (TPSA) is 248 Å². The number of hydrogen-bond acceptors (Lipinski definition) is 15. The van der Waals surface area contributed by atoms with Crippen LogP contribution in [-0.4, -0.2) is 163 Å². The standard InChI is InChI=1S/C40H68O15/c1-18(2)20(16-52-37-34(31(49)32(54-37)24(44)15-41)55-36-33(51-6)28(46)25(45)17-53-36)8-7-19(3)27-29(47)30(48)35-39(27,5)12-10-26-38(4)11-9-21(42)13-22(38)23(43)14-40(26,35)50/h7-8,18-37,41-50H,9-17H2,1-6H3/b8-7+/t19-,20?,21+,22-,23+,24-,25-,26-,27+,28+,29-,30-,31+,32+,33-,34-,35-,36+,37-,38+,39-,40+/m1/s1. The summed E-state index contributed by atoms with van der Waals surface area (Å²) in [6.07, 6.45) is -7.81. The van der Waals surface area contributed by atoms with E-state index in [2.05, 4.69) is 13.8 Å². The Labute approximate surface area is 324 Å². The van der Waals surface area contributed by atoms with Gasteiger partial charge in [-0.2, -0.15) is 0 Å². The zero-order chi connectivity index (χ0) is 40.4. The molecule has 0 aromatic heterocycles. The lowest BCUT2D eigenvalue weighted by molar-refractivity contribution is -0.308. The normalized spacial score (nSPS) is 51.8. The van der Waals surface area contributed by atoms with Crippen molar-refractivity contribution < 1.29 is 74.7 Å². The van der Waals surface area contributed by atoms with Crippen molar-refractivity contribution in [2.24, 2.45) is 52.3 Å². The highest BCUT2D eigenvalue weighted by Gasteiger charge is 2.72. The Balaban J connectivity index is 1.17. The fourth-order valence-electron chi connectivity index (χ4n) is 12.2. The summed E-state index contributed by atoms with van der Waals surface area (Å²) in [5.41, 5.74) is -2.42. The van der Waals surface area contributed by atoms with Gasteiger partial charge in [-0.05, 0) is 72.5 Å². The molecule has 4 aliphatic carbocycles. The van der Waals surface area contributed by atoms with Crippen molar-refractivity contribution in [3.63, 3.8) is 0 Å². The summed E-state index contributed by atoms with van der Waals surface area (Å²) in [6.45, 7) is 9.35. The second-order valence-electron chi connectivity index (χ2n) is 18.6. The van der Waals surface area contributed by atoms with Crippen molar-refractivity contribution in [2.45, 2.75) is 158 Å². The Bertz CT molecular complexity index is 1320. The zero-order valence-corrected chi connectivity index (χ0v) is 33.1. The third-order valence-corrected chi connectivity index (χ3v) is 15.2. The fourth-order valence-corrected chi connectivity index (χ4v) is 12.2. The monoisotopic (exact) mass is 788 g/mol. The molecule has 318 valence electrons. The summed E-state index contributed by atoms with van der Waals surface area (Å²) in [5, 5.41) is 110. The average molecular weight is 789 g/mol. The second kappa shape index (κ2) is 16.7. The van der Waals surface area contributed by atoms with Gasteiger partial charge in [0.05, 0.1) is 49.8 Å². The highest BCUT2D eigenvalue weighted by atomic mass is 16.8. The molecule has 4 saturated carbocycles. The minimum Gasteiger partial charge on any atom is -0.394 e. The van der Waals surface area contributed by atoms with Crippen molar-refractivity contribution in [1.82, 2.24) is 0 Å². The van der Waals surface area contributed by atoms with E-state index in [1.807, 2.05) is 32.9 Å². The van der Waals surface area contributed by atoms with Crippen LogP contribution < -0.4 is 0 Å². The van der Waals surface area contributed by atoms with Crippen LogP contribution in [0.4, 0.5) is 0 Å². The van der Waals surface area contributed by atoms with Crippen LogP contribution in [0.5, 0.6) is 0 Å². The second-order valence-corrected chi connectivity index (χ2v) is 18.6. The summed E-state index contributed by atoms with van der Waals surface area (Å²) >= 11 is 0. The Morgan fingerprint density at radius 3 is 2.18 bits per heavy atom. The van der Waals surface area contributed by atoms with E-state index in [0.29, 0.717) is 32.1 Å². The number of ether oxygens (including phenoxy) is 5.